The highest BCUT2D eigenvalue weighted by atomic mass is 35.5. The highest BCUT2D eigenvalue weighted by Crippen LogP contribution is 2.34. The molecule has 4 nitrogen and oxygen atoms in total. The van der Waals surface area contributed by atoms with E-state index in [2.05, 4.69) is 5.32 Å². The third-order valence-electron chi connectivity index (χ3n) is 3.00. The fraction of sp³-hybridized carbons (Fsp3) is 0.500. The van der Waals surface area contributed by atoms with Crippen molar-refractivity contribution in [2.45, 2.75) is 11.7 Å². The van der Waals surface area contributed by atoms with Crippen LogP contribution in [0.15, 0.2) is 18.2 Å². The lowest BCUT2D eigenvalue weighted by Crippen LogP contribution is -2.47. The molecule has 0 bridgehead atoms. The summed E-state index contributed by atoms with van der Waals surface area (Å²) in [4.78, 5) is 0. The first kappa shape index (κ1) is 14.1. The van der Waals surface area contributed by atoms with Gasteiger partial charge in [0.05, 0.1) is 23.3 Å². The molecule has 2 unspecified atom stereocenters. The molecule has 1 aromatic rings. The minimum atomic E-state index is -1.37. The van der Waals surface area contributed by atoms with Gasteiger partial charge in [-0.25, -0.2) is 0 Å². The van der Waals surface area contributed by atoms with Crippen molar-refractivity contribution in [1.29, 1.82) is 0 Å². The first-order valence-electron chi connectivity index (χ1n) is 5.67. The number of rotatable bonds is 2. The third-order valence-corrected chi connectivity index (χ3v) is 3.74. The largest absolute Gasteiger partial charge is 0.393 e. The van der Waals surface area contributed by atoms with Crippen LogP contribution in [0, 0.1) is 0 Å². The van der Waals surface area contributed by atoms with Crippen molar-refractivity contribution >= 4 is 23.2 Å². The van der Waals surface area contributed by atoms with Crippen LogP contribution in [0.3, 0.4) is 0 Å². The summed E-state index contributed by atoms with van der Waals surface area (Å²) in [7, 11) is 0. The number of hydrogen-bond donors (Lipinski definition) is 3. The average Bonchev–Trinajstić information content (AvgIpc) is 2.55. The van der Waals surface area contributed by atoms with Crippen LogP contribution in [-0.4, -0.2) is 42.1 Å². The molecule has 1 heterocycles. The SMILES string of the molecule is OCC1(O)CNCCOC1c1ccc(Cl)c(Cl)c1. The first-order valence-corrected chi connectivity index (χ1v) is 6.43. The van der Waals surface area contributed by atoms with E-state index in [1.807, 2.05) is 0 Å². The number of β-amino-alcohol motifs (C(OH)–C–C–N with tert-alkyl or cyclic N) is 1. The summed E-state index contributed by atoms with van der Waals surface area (Å²) in [6.45, 7) is 0.937. The van der Waals surface area contributed by atoms with Crippen molar-refractivity contribution in [1.82, 2.24) is 5.32 Å². The second kappa shape index (κ2) is 5.74. The van der Waals surface area contributed by atoms with Gasteiger partial charge in [-0.15, -0.1) is 0 Å². The van der Waals surface area contributed by atoms with E-state index in [0.717, 1.165) is 0 Å². The summed E-state index contributed by atoms with van der Waals surface area (Å²) >= 11 is 11.8. The van der Waals surface area contributed by atoms with Crippen molar-refractivity contribution < 1.29 is 14.9 Å². The molecule has 0 amide bonds. The molecule has 1 saturated heterocycles. The van der Waals surface area contributed by atoms with Crippen LogP contribution in [0.1, 0.15) is 11.7 Å². The van der Waals surface area contributed by atoms with Crippen LogP contribution < -0.4 is 5.32 Å². The van der Waals surface area contributed by atoms with Gasteiger partial charge in [0.15, 0.2) is 0 Å². The van der Waals surface area contributed by atoms with Crippen LogP contribution in [0.4, 0.5) is 0 Å². The molecule has 0 aromatic heterocycles. The van der Waals surface area contributed by atoms with Gasteiger partial charge in [0, 0.05) is 13.1 Å². The van der Waals surface area contributed by atoms with Gasteiger partial charge in [-0.2, -0.15) is 0 Å². The Hall–Kier alpha value is -0.360. The topological polar surface area (TPSA) is 61.7 Å². The van der Waals surface area contributed by atoms with E-state index in [4.69, 9.17) is 27.9 Å². The number of aliphatic hydroxyl groups excluding tert-OH is 1. The van der Waals surface area contributed by atoms with E-state index >= 15 is 0 Å². The maximum atomic E-state index is 10.4. The molecule has 1 aliphatic rings. The Kier molecular flexibility index (Phi) is 4.48. The van der Waals surface area contributed by atoms with Crippen molar-refractivity contribution in [3.63, 3.8) is 0 Å². The molecule has 0 aliphatic carbocycles. The molecule has 1 aliphatic heterocycles. The Balaban J connectivity index is 2.35. The van der Waals surface area contributed by atoms with Gasteiger partial charge in [-0.05, 0) is 17.7 Å². The standard InChI is InChI=1S/C12H15Cl2NO3/c13-9-2-1-8(5-10(9)14)11-12(17,7-16)6-15-3-4-18-11/h1-2,5,11,15-17H,3-4,6-7H2. The van der Waals surface area contributed by atoms with Gasteiger partial charge in [0.1, 0.15) is 11.7 Å². The van der Waals surface area contributed by atoms with Gasteiger partial charge in [0.25, 0.3) is 0 Å². The quantitative estimate of drug-likeness (QED) is 0.770. The maximum Gasteiger partial charge on any atom is 0.130 e. The molecule has 100 valence electrons. The smallest absolute Gasteiger partial charge is 0.130 e. The minimum absolute atomic E-state index is 0.258. The number of aliphatic hydroxyl groups is 2. The molecule has 0 spiro atoms. The fourth-order valence-electron chi connectivity index (χ4n) is 2.02. The molecular weight excluding hydrogens is 277 g/mol. The average molecular weight is 292 g/mol. The Morgan fingerprint density at radius 3 is 2.83 bits per heavy atom. The van der Waals surface area contributed by atoms with Crippen LogP contribution in [0.5, 0.6) is 0 Å². The Morgan fingerprint density at radius 2 is 2.17 bits per heavy atom. The molecular formula is C12H15Cl2NO3. The summed E-state index contributed by atoms with van der Waals surface area (Å²) in [5, 5.41) is 23.7. The summed E-state index contributed by atoms with van der Waals surface area (Å²) in [5.74, 6) is 0. The summed E-state index contributed by atoms with van der Waals surface area (Å²) in [6, 6.07) is 5.05. The van der Waals surface area contributed by atoms with Crippen molar-refractivity contribution in [2.75, 3.05) is 26.3 Å². The number of benzene rings is 1. The minimum Gasteiger partial charge on any atom is -0.393 e. The van der Waals surface area contributed by atoms with Gasteiger partial charge >= 0.3 is 0 Å². The fourth-order valence-corrected chi connectivity index (χ4v) is 2.33. The zero-order valence-electron chi connectivity index (χ0n) is 9.70. The highest BCUT2D eigenvalue weighted by molar-refractivity contribution is 6.42. The molecule has 1 fully saturated rings. The lowest BCUT2D eigenvalue weighted by atomic mass is 9.91. The predicted octanol–water partition coefficient (Wildman–Crippen LogP) is 1.38. The molecule has 0 radical (unpaired) electrons. The zero-order valence-corrected chi connectivity index (χ0v) is 11.2. The van der Waals surface area contributed by atoms with Crippen LogP contribution in [-0.2, 0) is 4.74 Å². The van der Waals surface area contributed by atoms with Gasteiger partial charge in [-0.1, -0.05) is 29.3 Å². The second-order valence-electron chi connectivity index (χ2n) is 4.36. The number of ether oxygens (including phenoxy) is 1. The van der Waals surface area contributed by atoms with E-state index in [0.29, 0.717) is 28.8 Å². The van der Waals surface area contributed by atoms with E-state index < -0.39 is 18.3 Å². The molecule has 2 rings (SSSR count). The van der Waals surface area contributed by atoms with Gasteiger partial charge in [-0.3, -0.25) is 0 Å². The highest BCUT2D eigenvalue weighted by Gasteiger charge is 2.39. The predicted molar refractivity (Wildman–Crippen MR) is 70.1 cm³/mol. The molecule has 0 saturated carbocycles. The van der Waals surface area contributed by atoms with Crippen LogP contribution in [0.2, 0.25) is 10.0 Å². The Bertz CT molecular complexity index is 430. The van der Waals surface area contributed by atoms with E-state index in [1.165, 1.54) is 0 Å². The van der Waals surface area contributed by atoms with Gasteiger partial charge < -0.3 is 20.3 Å². The number of halogens is 2. The summed E-state index contributed by atoms with van der Waals surface area (Å²) in [6.07, 6.45) is -0.632. The number of hydrogen-bond acceptors (Lipinski definition) is 4. The van der Waals surface area contributed by atoms with E-state index in [9.17, 15) is 10.2 Å². The second-order valence-corrected chi connectivity index (χ2v) is 5.18. The normalized spacial score (nSPS) is 29.0. The van der Waals surface area contributed by atoms with Gasteiger partial charge in [0.2, 0.25) is 0 Å². The van der Waals surface area contributed by atoms with E-state index in [-0.39, 0.29) is 6.54 Å². The van der Waals surface area contributed by atoms with Crippen LogP contribution in [0.25, 0.3) is 0 Å². The molecule has 18 heavy (non-hydrogen) atoms. The monoisotopic (exact) mass is 291 g/mol. The maximum absolute atomic E-state index is 10.4. The summed E-state index contributed by atoms with van der Waals surface area (Å²) < 4.78 is 5.62. The number of nitrogens with one attached hydrogen (secondary N) is 1. The molecule has 2 atom stereocenters. The van der Waals surface area contributed by atoms with E-state index in [1.54, 1.807) is 18.2 Å². The first-order chi connectivity index (χ1) is 8.57. The lowest BCUT2D eigenvalue weighted by Gasteiger charge is -2.32. The lowest BCUT2D eigenvalue weighted by molar-refractivity contribution is -0.119. The Morgan fingerprint density at radius 1 is 1.39 bits per heavy atom. The Labute approximate surface area is 115 Å². The molecule has 6 heteroatoms. The summed E-state index contributed by atoms with van der Waals surface area (Å²) in [5.41, 5.74) is -0.669. The van der Waals surface area contributed by atoms with Crippen molar-refractivity contribution in [2.24, 2.45) is 0 Å². The molecule has 1 aromatic carbocycles. The molecule has 3 N–H and O–H groups in total. The third kappa shape index (κ3) is 2.79. The van der Waals surface area contributed by atoms with Crippen molar-refractivity contribution in [3.8, 4) is 0 Å². The van der Waals surface area contributed by atoms with Crippen LogP contribution >= 0.6 is 23.2 Å². The zero-order chi connectivity index (χ0) is 13.2. The van der Waals surface area contributed by atoms with Crippen molar-refractivity contribution in [3.05, 3.63) is 33.8 Å².